The number of thioether (sulfide) groups is 1. The van der Waals surface area contributed by atoms with Gasteiger partial charge in [0.05, 0.1) is 5.69 Å². The van der Waals surface area contributed by atoms with Gasteiger partial charge in [0, 0.05) is 16.0 Å². The predicted octanol–water partition coefficient (Wildman–Crippen LogP) is 3.47. The molecule has 0 heterocycles. The lowest BCUT2D eigenvalue weighted by Crippen LogP contribution is -2.47. The van der Waals surface area contributed by atoms with Gasteiger partial charge < -0.3 is 11.1 Å². The lowest BCUT2D eigenvalue weighted by Gasteiger charge is -2.18. The largest absolute Gasteiger partial charge is 0.412 e. The third kappa shape index (κ3) is 4.40. The fourth-order valence-electron chi connectivity index (χ4n) is 2.11. The van der Waals surface area contributed by atoms with Crippen LogP contribution in [0.5, 0.6) is 0 Å². The Labute approximate surface area is 146 Å². The molecule has 0 radical (unpaired) electrons. The van der Waals surface area contributed by atoms with Crippen LogP contribution in [-0.4, -0.2) is 30.2 Å². The number of rotatable bonds is 5. The maximum absolute atomic E-state index is 12.7. The van der Waals surface area contributed by atoms with E-state index in [1.165, 1.54) is 17.8 Å². The number of carbonyl (C=O) groups is 2. The van der Waals surface area contributed by atoms with Crippen LogP contribution in [-0.2, 0) is 4.79 Å². The number of halogens is 3. The van der Waals surface area contributed by atoms with Crippen LogP contribution in [0.15, 0.2) is 53.4 Å². The maximum Gasteiger partial charge on any atom is 0.412 e. The first kappa shape index (κ1) is 19.0. The Kier molecular flexibility index (Phi) is 5.86. The van der Waals surface area contributed by atoms with E-state index < -0.39 is 23.9 Å². The third-order valence-electron chi connectivity index (χ3n) is 3.41. The standard InChI is InChI=1S/C17H15F3N2O2S/c1-25-12-9-5-8-11(14(23)10-6-3-2-4-7-10)13(12)22-16(24)15(21)17(18,19)20/h2-9,15H,21H2,1H3,(H,22,24). The minimum Gasteiger partial charge on any atom is -0.323 e. The van der Waals surface area contributed by atoms with E-state index in [0.29, 0.717) is 10.5 Å². The maximum atomic E-state index is 12.7. The highest BCUT2D eigenvalue weighted by atomic mass is 32.2. The van der Waals surface area contributed by atoms with Crippen molar-refractivity contribution >= 4 is 29.1 Å². The molecule has 3 N–H and O–H groups in total. The average molecular weight is 368 g/mol. The zero-order valence-electron chi connectivity index (χ0n) is 13.1. The van der Waals surface area contributed by atoms with Crippen LogP contribution < -0.4 is 11.1 Å². The number of carbonyl (C=O) groups excluding carboxylic acids is 2. The summed E-state index contributed by atoms with van der Waals surface area (Å²) in [6.07, 6.45) is -3.19. The summed E-state index contributed by atoms with van der Waals surface area (Å²) in [6.45, 7) is 0. The minimum atomic E-state index is -4.87. The zero-order valence-corrected chi connectivity index (χ0v) is 13.9. The van der Waals surface area contributed by atoms with Crippen molar-refractivity contribution in [1.82, 2.24) is 0 Å². The van der Waals surface area contributed by atoms with E-state index in [2.05, 4.69) is 5.32 Å². The lowest BCUT2D eigenvalue weighted by molar-refractivity contribution is -0.159. The van der Waals surface area contributed by atoms with Gasteiger partial charge in [-0.2, -0.15) is 13.2 Å². The van der Waals surface area contributed by atoms with Crippen LogP contribution in [0.4, 0.5) is 18.9 Å². The number of alkyl halides is 3. The van der Waals surface area contributed by atoms with Gasteiger partial charge in [-0.25, -0.2) is 0 Å². The highest BCUT2D eigenvalue weighted by molar-refractivity contribution is 7.98. The van der Waals surface area contributed by atoms with Crippen molar-refractivity contribution in [2.75, 3.05) is 11.6 Å². The summed E-state index contributed by atoms with van der Waals surface area (Å²) in [4.78, 5) is 25.0. The Balaban J connectivity index is 2.43. The van der Waals surface area contributed by atoms with Gasteiger partial charge in [-0.3, -0.25) is 9.59 Å². The summed E-state index contributed by atoms with van der Waals surface area (Å²) >= 11 is 1.19. The molecule has 25 heavy (non-hydrogen) atoms. The third-order valence-corrected chi connectivity index (χ3v) is 4.19. The molecule has 0 saturated heterocycles. The van der Waals surface area contributed by atoms with E-state index >= 15 is 0 Å². The summed E-state index contributed by atoms with van der Waals surface area (Å²) in [7, 11) is 0. The number of ketones is 1. The second-order valence-electron chi connectivity index (χ2n) is 5.09. The Bertz CT molecular complexity index is 779. The van der Waals surface area contributed by atoms with Gasteiger partial charge in [0.1, 0.15) is 0 Å². The molecule has 0 aliphatic carbocycles. The van der Waals surface area contributed by atoms with Gasteiger partial charge in [-0.05, 0) is 18.4 Å². The SMILES string of the molecule is CSc1cccc(C(=O)c2ccccc2)c1NC(=O)C(N)C(F)(F)F. The number of anilines is 1. The fraction of sp³-hybridized carbons (Fsp3) is 0.176. The molecule has 0 aliphatic heterocycles. The molecule has 0 fully saturated rings. The molecule has 0 bridgehead atoms. The Morgan fingerprint density at radius 1 is 1.08 bits per heavy atom. The number of amides is 1. The van der Waals surface area contributed by atoms with Gasteiger partial charge in [0.2, 0.25) is 0 Å². The van der Waals surface area contributed by atoms with Crippen LogP contribution in [0.1, 0.15) is 15.9 Å². The molecule has 1 unspecified atom stereocenters. The molecule has 132 valence electrons. The van der Waals surface area contributed by atoms with Crippen molar-refractivity contribution in [3.8, 4) is 0 Å². The first-order valence-corrected chi connectivity index (χ1v) is 8.38. The monoisotopic (exact) mass is 368 g/mol. The fourth-order valence-corrected chi connectivity index (χ4v) is 2.69. The zero-order chi connectivity index (χ0) is 18.6. The van der Waals surface area contributed by atoms with Crippen LogP contribution in [0.2, 0.25) is 0 Å². The van der Waals surface area contributed by atoms with E-state index in [-0.39, 0.29) is 11.3 Å². The number of hydrogen-bond acceptors (Lipinski definition) is 4. The van der Waals surface area contributed by atoms with Crippen LogP contribution in [0.25, 0.3) is 0 Å². The first-order chi connectivity index (χ1) is 11.8. The van der Waals surface area contributed by atoms with Crippen LogP contribution in [0.3, 0.4) is 0 Å². The Morgan fingerprint density at radius 3 is 2.28 bits per heavy atom. The van der Waals surface area contributed by atoms with E-state index in [4.69, 9.17) is 5.73 Å². The van der Waals surface area contributed by atoms with E-state index in [1.54, 1.807) is 48.7 Å². The van der Waals surface area contributed by atoms with Crippen LogP contribution in [0, 0.1) is 0 Å². The van der Waals surface area contributed by atoms with Crippen molar-refractivity contribution < 1.29 is 22.8 Å². The van der Waals surface area contributed by atoms with Gasteiger partial charge >= 0.3 is 6.18 Å². The summed E-state index contributed by atoms with van der Waals surface area (Å²) in [5.41, 5.74) is 5.42. The molecule has 1 atom stereocenters. The van der Waals surface area contributed by atoms with Crippen LogP contribution >= 0.6 is 11.8 Å². The molecule has 2 aromatic rings. The highest BCUT2D eigenvalue weighted by Crippen LogP contribution is 2.31. The summed E-state index contributed by atoms with van der Waals surface area (Å²) in [5, 5.41) is 2.16. The molecule has 4 nitrogen and oxygen atoms in total. The molecule has 1 amide bonds. The normalized spacial score (nSPS) is 12.5. The second-order valence-corrected chi connectivity index (χ2v) is 5.93. The number of nitrogens with two attached hydrogens (primary N) is 1. The molecular formula is C17H15F3N2O2S. The molecule has 0 saturated carbocycles. The quantitative estimate of drug-likeness (QED) is 0.626. The topological polar surface area (TPSA) is 72.2 Å². The number of hydrogen-bond donors (Lipinski definition) is 2. The van der Waals surface area contributed by atoms with E-state index in [0.717, 1.165) is 0 Å². The highest BCUT2D eigenvalue weighted by Gasteiger charge is 2.42. The van der Waals surface area contributed by atoms with E-state index in [9.17, 15) is 22.8 Å². The van der Waals surface area contributed by atoms with Crippen molar-refractivity contribution in [3.05, 3.63) is 59.7 Å². The first-order valence-electron chi connectivity index (χ1n) is 7.15. The Morgan fingerprint density at radius 2 is 1.72 bits per heavy atom. The van der Waals surface area contributed by atoms with Crippen molar-refractivity contribution in [1.29, 1.82) is 0 Å². The van der Waals surface area contributed by atoms with Crippen molar-refractivity contribution in [2.24, 2.45) is 5.73 Å². The van der Waals surface area contributed by atoms with Gasteiger partial charge in [0.25, 0.3) is 5.91 Å². The number of nitrogens with one attached hydrogen (secondary N) is 1. The molecular weight excluding hydrogens is 353 g/mol. The predicted molar refractivity (Wildman–Crippen MR) is 90.8 cm³/mol. The Hall–Kier alpha value is -2.32. The molecule has 0 spiro atoms. The lowest BCUT2D eigenvalue weighted by atomic mass is 10.0. The molecule has 2 rings (SSSR count). The minimum absolute atomic E-state index is 0.0218. The smallest absolute Gasteiger partial charge is 0.323 e. The summed E-state index contributed by atoms with van der Waals surface area (Å²) < 4.78 is 38.0. The summed E-state index contributed by atoms with van der Waals surface area (Å²) in [6, 6.07) is 10.2. The van der Waals surface area contributed by atoms with Gasteiger partial charge in [-0.15, -0.1) is 11.8 Å². The van der Waals surface area contributed by atoms with Crippen molar-refractivity contribution in [2.45, 2.75) is 17.1 Å². The number of benzene rings is 2. The van der Waals surface area contributed by atoms with Gasteiger partial charge in [0.15, 0.2) is 11.8 Å². The molecule has 2 aromatic carbocycles. The van der Waals surface area contributed by atoms with E-state index in [1.807, 2.05) is 0 Å². The number of para-hydroxylation sites is 1. The second kappa shape index (κ2) is 7.71. The average Bonchev–Trinajstić information content (AvgIpc) is 2.60. The summed E-state index contributed by atoms with van der Waals surface area (Å²) in [5.74, 6) is -1.83. The van der Waals surface area contributed by atoms with Gasteiger partial charge in [-0.1, -0.05) is 36.4 Å². The molecule has 0 aromatic heterocycles. The molecule has 8 heteroatoms. The van der Waals surface area contributed by atoms with Crippen molar-refractivity contribution in [3.63, 3.8) is 0 Å². The molecule has 0 aliphatic rings.